The van der Waals surface area contributed by atoms with E-state index < -0.39 is 35.3 Å². The maximum atomic E-state index is 12.6. The molecule has 0 spiro atoms. The van der Waals surface area contributed by atoms with E-state index >= 15 is 0 Å². The molecule has 2 aliphatic rings. The molecular weight excluding hydrogens is 1100 g/mol. The summed E-state index contributed by atoms with van der Waals surface area (Å²) >= 11 is 9.62. The van der Waals surface area contributed by atoms with Crippen LogP contribution in [0, 0.1) is 0 Å². The SMILES string of the molecule is CC(C)(Br)C(=O)Cc1cc(C(C)(C)CO)no1.CC(C)(Br)C(=O)Cc1cc(C(C)(C)COC2CCCCO2)no1.CC(C)(Br)C(=O)O.CC(C)(NC1CCOCC1)C(=O)Cc1cc(C(C)(C)CO)no1. The van der Waals surface area contributed by atoms with Crippen LogP contribution in [-0.4, -0.2) is 125 Å². The number of aliphatic hydroxyl groups excluding tert-OH is 2. The molecule has 3 aromatic rings. The van der Waals surface area contributed by atoms with E-state index in [1.165, 1.54) is 0 Å². The van der Waals surface area contributed by atoms with Crippen molar-refractivity contribution in [3.05, 3.63) is 52.6 Å². The van der Waals surface area contributed by atoms with Gasteiger partial charge >= 0.3 is 5.97 Å². The Morgan fingerprint density at radius 2 is 0.986 bits per heavy atom. The van der Waals surface area contributed by atoms with Crippen LogP contribution in [0.15, 0.2) is 31.8 Å². The summed E-state index contributed by atoms with van der Waals surface area (Å²) in [5.41, 5.74) is 0.281. The second kappa shape index (κ2) is 27.0. The fraction of sp³-hybridized carbons (Fsp3) is 0.740. The number of aromatic nitrogens is 3. The molecule has 0 bridgehead atoms. The number of alkyl halides is 3. The van der Waals surface area contributed by atoms with Gasteiger partial charge in [-0.25, -0.2) is 0 Å². The molecule has 3 aromatic heterocycles. The van der Waals surface area contributed by atoms with Crippen LogP contribution in [0.2, 0.25) is 0 Å². The lowest BCUT2D eigenvalue weighted by Gasteiger charge is -2.32. The van der Waals surface area contributed by atoms with Gasteiger partial charge in [-0.05, 0) is 87.5 Å². The first-order chi connectivity index (χ1) is 32.0. The number of nitrogens with one attached hydrogen (secondary N) is 1. The molecule has 398 valence electrons. The van der Waals surface area contributed by atoms with Gasteiger partial charge in [-0.2, -0.15) is 0 Å². The topological polar surface area (TPSA) is 247 Å². The molecule has 0 saturated carbocycles. The third-order valence-corrected chi connectivity index (χ3v) is 12.9. The van der Waals surface area contributed by atoms with Gasteiger partial charge in [0.25, 0.3) is 0 Å². The van der Waals surface area contributed by atoms with E-state index in [9.17, 15) is 29.4 Å². The predicted molar refractivity (Wildman–Crippen MR) is 276 cm³/mol. The van der Waals surface area contributed by atoms with E-state index in [2.05, 4.69) is 68.6 Å². The van der Waals surface area contributed by atoms with Crippen LogP contribution >= 0.6 is 47.8 Å². The van der Waals surface area contributed by atoms with Crippen molar-refractivity contribution in [2.45, 2.75) is 195 Å². The number of aliphatic hydroxyl groups is 2. The highest BCUT2D eigenvalue weighted by Gasteiger charge is 2.34. The average Bonchev–Trinajstić information content (AvgIpc) is 4.06. The monoisotopic (exact) mass is 1180 g/mol. The van der Waals surface area contributed by atoms with Gasteiger partial charge in [0.05, 0.1) is 70.4 Å². The zero-order valence-corrected chi connectivity index (χ0v) is 48.4. The quantitative estimate of drug-likeness (QED) is 0.0772. The average molecular weight is 1180 g/mol. The third-order valence-electron chi connectivity index (χ3n) is 11.6. The summed E-state index contributed by atoms with van der Waals surface area (Å²) in [6, 6.07) is 5.65. The number of hydrogen-bond acceptors (Lipinski definition) is 16. The lowest BCUT2D eigenvalue weighted by Crippen LogP contribution is -2.53. The van der Waals surface area contributed by atoms with Crippen LogP contribution in [0.4, 0.5) is 0 Å². The summed E-state index contributed by atoms with van der Waals surface area (Å²) < 4.78 is 30.6. The molecule has 70 heavy (non-hydrogen) atoms. The molecule has 17 nitrogen and oxygen atoms in total. The highest BCUT2D eigenvalue weighted by molar-refractivity contribution is 9.10. The number of ketones is 3. The maximum absolute atomic E-state index is 12.6. The number of halogens is 3. The Morgan fingerprint density at radius 1 is 0.600 bits per heavy atom. The van der Waals surface area contributed by atoms with Crippen LogP contribution in [0.1, 0.15) is 163 Å². The molecule has 1 atom stereocenters. The van der Waals surface area contributed by atoms with Crippen molar-refractivity contribution in [3.63, 3.8) is 0 Å². The fourth-order valence-corrected chi connectivity index (χ4v) is 6.35. The van der Waals surface area contributed by atoms with Crippen LogP contribution < -0.4 is 5.32 Å². The van der Waals surface area contributed by atoms with E-state index in [-0.39, 0.29) is 61.5 Å². The minimum Gasteiger partial charge on any atom is -0.480 e. The Balaban J connectivity index is 0.000000340. The predicted octanol–water partition coefficient (Wildman–Crippen LogP) is 8.86. The fourth-order valence-electron chi connectivity index (χ4n) is 6.07. The molecule has 2 aliphatic heterocycles. The zero-order chi connectivity index (χ0) is 53.5. The first-order valence-electron chi connectivity index (χ1n) is 23.6. The number of nitrogens with zero attached hydrogens (tertiary/aromatic N) is 3. The van der Waals surface area contributed by atoms with Crippen molar-refractivity contribution in [1.82, 2.24) is 20.8 Å². The van der Waals surface area contributed by atoms with E-state index in [0.29, 0.717) is 41.3 Å². The Hall–Kier alpha value is -2.69. The molecule has 0 amide bonds. The lowest BCUT2D eigenvalue weighted by atomic mass is 9.89. The Bertz CT molecular complexity index is 2090. The number of carbonyl (C=O) groups excluding carboxylic acids is 3. The first-order valence-corrected chi connectivity index (χ1v) is 26.0. The molecule has 0 radical (unpaired) electrons. The van der Waals surface area contributed by atoms with Gasteiger partial charge in [-0.15, -0.1) is 0 Å². The smallest absolute Gasteiger partial charge is 0.319 e. The van der Waals surface area contributed by atoms with Crippen LogP contribution in [0.25, 0.3) is 0 Å². The van der Waals surface area contributed by atoms with Crippen LogP contribution in [0.5, 0.6) is 0 Å². The number of carbonyl (C=O) groups is 4. The Morgan fingerprint density at radius 3 is 1.33 bits per heavy atom. The molecule has 20 heteroatoms. The number of carboxylic acids is 1. The van der Waals surface area contributed by atoms with E-state index in [0.717, 1.165) is 57.6 Å². The van der Waals surface area contributed by atoms with Gasteiger partial charge in [-0.3, -0.25) is 19.2 Å². The van der Waals surface area contributed by atoms with Gasteiger partial charge in [0.1, 0.15) is 21.6 Å². The van der Waals surface area contributed by atoms with Crippen molar-refractivity contribution in [2.24, 2.45) is 0 Å². The normalized spacial score (nSPS) is 16.5. The summed E-state index contributed by atoms with van der Waals surface area (Å²) in [5, 5.41) is 42.2. The number of Topliss-reactive ketones (excluding diaryl/α,β-unsaturated/α-hetero) is 3. The Kier molecular flexibility index (Phi) is 24.5. The van der Waals surface area contributed by atoms with Gasteiger partial charge in [-0.1, -0.05) is 105 Å². The maximum Gasteiger partial charge on any atom is 0.319 e. The van der Waals surface area contributed by atoms with Gasteiger partial charge in [0, 0.05) is 60.3 Å². The molecule has 5 rings (SSSR count). The number of aliphatic carboxylic acids is 1. The van der Waals surface area contributed by atoms with Gasteiger partial charge in [0.2, 0.25) is 0 Å². The molecule has 4 N–H and O–H groups in total. The lowest BCUT2D eigenvalue weighted by molar-refractivity contribution is -0.170. The van der Waals surface area contributed by atoms with Crippen molar-refractivity contribution in [2.75, 3.05) is 39.6 Å². The molecule has 0 aliphatic carbocycles. The number of carboxylic acid groups (broad SMARTS) is 1. The third kappa shape index (κ3) is 21.8. The highest BCUT2D eigenvalue weighted by Crippen LogP contribution is 2.29. The molecular formula is C50H79Br3N4O13. The Labute approximate surface area is 439 Å². The zero-order valence-electron chi connectivity index (χ0n) is 43.7. The molecule has 2 saturated heterocycles. The molecule has 0 aromatic carbocycles. The van der Waals surface area contributed by atoms with Crippen LogP contribution in [-0.2, 0) is 68.9 Å². The second-order valence-corrected chi connectivity index (χ2v) is 27.7. The van der Waals surface area contributed by atoms with Crippen molar-refractivity contribution < 1.29 is 62.3 Å². The molecule has 1 unspecified atom stereocenters. The van der Waals surface area contributed by atoms with Gasteiger partial charge in [0.15, 0.2) is 23.6 Å². The highest BCUT2D eigenvalue weighted by atomic mass is 79.9. The summed E-state index contributed by atoms with van der Waals surface area (Å²) in [7, 11) is 0. The van der Waals surface area contributed by atoms with E-state index in [1.807, 2.05) is 75.3 Å². The summed E-state index contributed by atoms with van der Waals surface area (Å²) in [6.45, 7) is 28.5. The second-order valence-electron chi connectivity index (χ2n) is 21.8. The largest absolute Gasteiger partial charge is 0.480 e. The number of rotatable bonds is 20. The van der Waals surface area contributed by atoms with Crippen molar-refractivity contribution >= 4 is 71.1 Å². The molecule has 2 fully saturated rings. The summed E-state index contributed by atoms with van der Waals surface area (Å²) in [6.07, 6.45) is 5.54. The first kappa shape index (κ1) is 63.4. The number of hydrogen-bond donors (Lipinski definition) is 4. The standard InChI is InChI=1S/C17H26BrNO4.C17H28N2O4.C12H18BrNO3.C4H7BrO2/c1-16(2,11-22-15-7-5-6-8-21-15)13-9-12(23-19-13)10-14(20)17(3,4)18;1-16(2,11-20)14-9-13(23-19-14)10-15(21)17(3,4)18-12-5-7-22-8-6-12;1-11(2,7-15)9-5-8(17-14-9)6-10(16)12(3,4)13;1-4(2,5)3(6)7/h9,15H,5-8,10-11H2,1-4H3;9,12,18,20H,5-8,10-11H2,1-4H3;5,15H,6-7H2,1-4H3;1-2H3,(H,6,7). The minimum absolute atomic E-state index is 0.0170. The van der Waals surface area contributed by atoms with Crippen molar-refractivity contribution in [3.8, 4) is 0 Å². The number of ether oxygens (including phenoxy) is 3. The minimum atomic E-state index is -0.840. The van der Waals surface area contributed by atoms with Gasteiger partial charge < -0.3 is 48.4 Å². The van der Waals surface area contributed by atoms with Crippen LogP contribution in [0.3, 0.4) is 0 Å². The molecule has 5 heterocycles. The van der Waals surface area contributed by atoms with Crippen molar-refractivity contribution in [1.29, 1.82) is 0 Å². The summed E-state index contributed by atoms with van der Waals surface area (Å²) in [4.78, 5) is 46.4. The van der Waals surface area contributed by atoms with E-state index in [4.69, 9.17) is 32.9 Å². The van der Waals surface area contributed by atoms with E-state index in [1.54, 1.807) is 39.8 Å². The summed E-state index contributed by atoms with van der Waals surface area (Å²) in [5.74, 6) is 0.958.